The fourth-order valence-corrected chi connectivity index (χ4v) is 2.64. The summed E-state index contributed by atoms with van der Waals surface area (Å²) in [5.74, 6) is 0.0240. The highest BCUT2D eigenvalue weighted by Gasteiger charge is 2.17. The van der Waals surface area contributed by atoms with Gasteiger partial charge in [0.2, 0.25) is 5.91 Å². The van der Waals surface area contributed by atoms with Crippen molar-refractivity contribution < 1.29 is 19.1 Å². The first-order valence-electron chi connectivity index (χ1n) is 7.15. The monoisotopic (exact) mass is 382 g/mol. The summed E-state index contributed by atoms with van der Waals surface area (Å²) in [5.41, 5.74) is 1.05. The number of anilines is 2. The van der Waals surface area contributed by atoms with Crippen molar-refractivity contribution in [2.24, 2.45) is 0 Å². The average Bonchev–Trinajstić information content (AvgIpc) is 2.55. The van der Waals surface area contributed by atoms with Crippen LogP contribution in [0.5, 0.6) is 11.5 Å². The van der Waals surface area contributed by atoms with Crippen molar-refractivity contribution >= 4 is 46.4 Å². The molecule has 0 heterocycles. The third kappa shape index (κ3) is 4.55. The third-order valence-corrected chi connectivity index (χ3v) is 3.80. The molecule has 132 valence electrons. The molecule has 0 atom stereocenters. The minimum absolute atomic E-state index is 0.228. The van der Waals surface area contributed by atoms with Crippen LogP contribution in [0.3, 0.4) is 0 Å². The second-order valence-corrected chi connectivity index (χ2v) is 5.86. The van der Waals surface area contributed by atoms with Gasteiger partial charge in [0.1, 0.15) is 11.5 Å². The summed E-state index contributed by atoms with van der Waals surface area (Å²) in [6.45, 7) is 1.38. The van der Waals surface area contributed by atoms with E-state index in [0.717, 1.165) is 0 Å². The smallest absolute Gasteiger partial charge is 0.257 e. The molecule has 2 amide bonds. The van der Waals surface area contributed by atoms with Gasteiger partial charge in [-0.25, -0.2) is 0 Å². The van der Waals surface area contributed by atoms with Crippen molar-refractivity contribution in [2.45, 2.75) is 6.92 Å². The summed E-state index contributed by atoms with van der Waals surface area (Å²) < 4.78 is 10.5. The number of halogens is 2. The van der Waals surface area contributed by atoms with E-state index in [2.05, 4.69) is 10.6 Å². The first-order chi connectivity index (χ1) is 11.8. The maximum Gasteiger partial charge on any atom is 0.257 e. The van der Waals surface area contributed by atoms with Crippen molar-refractivity contribution in [3.8, 4) is 11.5 Å². The lowest BCUT2D eigenvalue weighted by Gasteiger charge is -2.16. The summed E-state index contributed by atoms with van der Waals surface area (Å²) in [6, 6.07) is 7.68. The van der Waals surface area contributed by atoms with E-state index in [0.29, 0.717) is 27.9 Å². The van der Waals surface area contributed by atoms with Crippen LogP contribution in [-0.2, 0) is 4.79 Å². The van der Waals surface area contributed by atoms with Crippen LogP contribution in [0.25, 0.3) is 0 Å². The van der Waals surface area contributed by atoms with E-state index in [1.807, 2.05) is 0 Å². The number of rotatable bonds is 5. The van der Waals surface area contributed by atoms with Crippen LogP contribution < -0.4 is 20.1 Å². The van der Waals surface area contributed by atoms with E-state index in [1.54, 1.807) is 18.2 Å². The Labute approximate surface area is 155 Å². The predicted octanol–water partition coefficient (Wildman–Crippen LogP) is 4.22. The third-order valence-electron chi connectivity index (χ3n) is 3.26. The number of amides is 2. The van der Waals surface area contributed by atoms with Crippen molar-refractivity contribution in [1.29, 1.82) is 0 Å². The average molecular weight is 383 g/mol. The van der Waals surface area contributed by atoms with E-state index in [4.69, 9.17) is 32.7 Å². The SMILES string of the molecule is COc1cc(NC(=O)c2ccc(Cl)cc2Cl)c(OC)cc1NC(C)=O. The number of benzene rings is 2. The minimum Gasteiger partial charge on any atom is -0.494 e. The molecule has 0 spiro atoms. The molecule has 0 unspecified atom stereocenters. The Balaban J connectivity index is 2.37. The molecule has 2 aromatic rings. The summed E-state index contributed by atoms with van der Waals surface area (Å²) >= 11 is 11.9. The number of methoxy groups -OCH3 is 2. The summed E-state index contributed by atoms with van der Waals surface area (Å²) in [7, 11) is 2.90. The molecule has 2 aromatic carbocycles. The van der Waals surface area contributed by atoms with Crippen LogP contribution in [0.15, 0.2) is 30.3 Å². The number of carbonyl (C=O) groups is 2. The van der Waals surface area contributed by atoms with Gasteiger partial charge >= 0.3 is 0 Å². The Bertz CT molecular complexity index is 825. The van der Waals surface area contributed by atoms with Crippen molar-refractivity contribution in [1.82, 2.24) is 0 Å². The first kappa shape index (κ1) is 18.9. The molecule has 6 nitrogen and oxygen atoms in total. The summed E-state index contributed by atoms with van der Waals surface area (Å²) in [4.78, 5) is 23.8. The molecule has 25 heavy (non-hydrogen) atoms. The van der Waals surface area contributed by atoms with Crippen LogP contribution in [0.2, 0.25) is 10.0 Å². The topological polar surface area (TPSA) is 76.7 Å². The quantitative estimate of drug-likeness (QED) is 0.811. The molecule has 0 fully saturated rings. The molecule has 0 aliphatic rings. The lowest BCUT2D eigenvalue weighted by atomic mass is 10.2. The fraction of sp³-hybridized carbons (Fsp3) is 0.176. The normalized spacial score (nSPS) is 10.1. The molecule has 2 rings (SSSR count). The van der Waals surface area contributed by atoms with Gasteiger partial charge in [-0.3, -0.25) is 9.59 Å². The number of carbonyl (C=O) groups excluding carboxylic acids is 2. The van der Waals surface area contributed by atoms with Gasteiger partial charge in [0.05, 0.1) is 36.2 Å². The molecule has 0 aliphatic heterocycles. The highest BCUT2D eigenvalue weighted by Crippen LogP contribution is 2.37. The number of hydrogen-bond donors (Lipinski definition) is 2. The van der Waals surface area contributed by atoms with Crippen LogP contribution in [0, 0.1) is 0 Å². The Morgan fingerprint density at radius 3 is 1.96 bits per heavy atom. The molecule has 8 heteroatoms. The maximum absolute atomic E-state index is 12.5. The Morgan fingerprint density at radius 1 is 0.920 bits per heavy atom. The molecule has 0 saturated carbocycles. The first-order valence-corrected chi connectivity index (χ1v) is 7.91. The highest BCUT2D eigenvalue weighted by molar-refractivity contribution is 6.37. The zero-order valence-corrected chi connectivity index (χ0v) is 15.3. The van der Waals surface area contributed by atoms with Gasteiger partial charge < -0.3 is 20.1 Å². The maximum atomic E-state index is 12.5. The fourth-order valence-electron chi connectivity index (χ4n) is 2.15. The number of hydrogen-bond acceptors (Lipinski definition) is 4. The van der Waals surface area contributed by atoms with E-state index in [1.165, 1.54) is 33.3 Å². The minimum atomic E-state index is -0.436. The highest BCUT2D eigenvalue weighted by atomic mass is 35.5. The molecule has 0 bridgehead atoms. The Morgan fingerprint density at radius 2 is 1.48 bits per heavy atom. The molecule has 0 saturated heterocycles. The van der Waals surface area contributed by atoms with Gasteiger partial charge in [-0.05, 0) is 18.2 Å². The van der Waals surface area contributed by atoms with Gasteiger partial charge in [-0.15, -0.1) is 0 Å². The number of nitrogens with one attached hydrogen (secondary N) is 2. The van der Waals surface area contributed by atoms with Crippen molar-refractivity contribution in [3.63, 3.8) is 0 Å². The van der Waals surface area contributed by atoms with Crippen molar-refractivity contribution in [2.75, 3.05) is 24.9 Å². The predicted molar refractivity (Wildman–Crippen MR) is 98.3 cm³/mol. The van der Waals surface area contributed by atoms with Gasteiger partial charge in [0, 0.05) is 24.1 Å². The summed E-state index contributed by atoms with van der Waals surface area (Å²) in [6.07, 6.45) is 0. The zero-order chi connectivity index (χ0) is 18.6. The lowest BCUT2D eigenvalue weighted by molar-refractivity contribution is -0.114. The van der Waals surface area contributed by atoms with Gasteiger partial charge in [0.25, 0.3) is 5.91 Å². The summed E-state index contributed by atoms with van der Waals surface area (Å²) in [5, 5.41) is 6.00. The molecule has 2 N–H and O–H groups in total. The second kappa shape index (κ2) is 8.09. The molecule has 0 radical (unpaired) electrons. The second-order valence-electron chi connectivity index (χ2n) is 5.01. The lowest BCUT2D eigenvalue weighted by Crippen LogP contribution is -2.14. The Hall–Kier alpha value is -2.44. The van der Waals surface area contributed by atoms with Crippen molar-refractivity contribution in [3.05, 3.63) is 45.9 Å². The standard InChI is InChI=1S/C17H16Cl2N2O4/c1-9(22)20-13-7-16(25-3)14(8-15(13)24-2)21-17(23)11-5-4-10(18)6-12(11)19/h4-8H,1-3H3,(H,20,22)(H,21,23). The van der Waals surface area contributed by atoms with Gasteiger partial charge in [-0.1, -0.05) is 23.2 Å². The zero-order valence-electron chi connectivity index (χ0n) is 13.8. The number of ether oxygens (including phenoxy) is 2. The van der Waals surface area contributed by atoms with Crippen LogP contribution in [0.1, 0.15) is 17.3 Å². The molecule has 0 aromatic heterocycles. The van der Waals surface area contributed by atoms with Crippen LogP contribution in [0.4, 0.5) is 11.4 Å². The van der Waals surface area contributed by atoms with E-state index >= 15 is 0 Å². The van der Waals surface area contributed by atoms with Crippen LogP contribution in [-0.4, -0.2) is 26.0 Å². The Kier molecular flexibility index (Phi) is 6.12. The van der Waals surface area contributed by atoms with E-state index in [-0.39, 0.29) is 16.5 Å². The van der Waals surface area contributed by atoms with Gasteiger partial charge in [-0.2, -0.15) is 0 Å². The van der Waals surface area contributed by atoms with E-state index < -0.39 is 5.91 Å². The van der Waals surface area contributed by atoms with Crippen LogP contribution >= 0.6 is 23.2 Å². The molecular formula is C17H16Cl2N2O4. The molecular weight excluding hydrogens is 367 g/mol. The largest absolute Gasteiger partial charge is 0.494 e. The van der Waals surface area contributed by atoms with E-state index in [9.17, 15) is 9.59 Å². The van der Waals surface area contributed by atoms with Gasteiger partial charge in [0.15, 0.2) is 0 Å². The molecule has 0 aliphatic carbocycles.